The van der Waals surface area contributed by atoms with E-state index in [0.29, 0.717) is 5.56 Å². The summed E-state index contributed by atoms with van der Waals surface area (Å²) >= 11 is 0. The Morgan fingerprint density at radius 2 is 1.76 bits per heavy atom. The number of aliphatic carboxylic acids is 1. The first-order valence-corrected chi connectivity index (χ1v) is 8.08. The molecule has 7 nitrogen and oxygen atoms in total. The SMILES string of the molecule is CC(O)(CNC(=O)c1ccc(CS(C)(=O)=O)cc1)C(=O)O. The van der Waals surface area contributed by atoms with Gasteiger partial charge in [-0.3, -0.25) is 4.79 Å². The van der Waals surface area contributed by atoms with Gasteiger partial charge in [0.25, 0.3) is 5.91 Å². The summed E-state index contributed by atoms with van der Waals surface area (Å²) in [5.41, 5.74) is -1.26. The molecule has 1 aromatic carbocycles. The predicted molar refractivity (Wildman–Crippen MR) is 75.6 cm³/mol. The number of aliphatic hydroxyl groups is 1. The topological polar surface area (TPSA) is 121 Å². The summed E-state index contributed by atoms with van der Waals surface area (Å²) in [6.07, 6.45) is 1.11. The molecule has 21 heavy (non-hydrogen) atoms. The Kier molecular flexibility index (Phi) is 5.08. The first-order chi connectivity index (χ1) is 9.51. The number of amides is 1. The monoisotopic (exact) mass is 315 g/mol. The fourth-order valence-electron chi connectivity index (χ4n) is 1.49. The van der Waals surface area contributed by atoms with Gasteiger partial charge in [-0.25, -0.2) is 13.2 Å². The molecule has 1 aromatic rings. The Bertz CT molecular complexity index is 633. The van der Waals surface area contributed by atoms with Crippen molar-refractivity contribution in [2.45, 2.75) is 18.3 Å². The van der Waals surface area contributed by atoms with E-state index in [1.165, 1.54) is 24.3 Å². The number of benzene rings is 1. The number of rotatable bonds is 6. The maximum absolute atomic E-state index is 11.8. The van der Waals surface area contributed by atoms with Crippen LogP contribution in [0.25, 0.3) is 0 Å². The van der Waals surface area contributed by atoms with Gasteiger partial charge in [0.2, 0.25) is 0 Å². The van der Waals surface area contributed by atoms with Gasteiger partial charge in [0.1, 0.15) is 0 Å². The number of carboxylic acids is 1. The summed E-state index contributed by atoms with van der Waals surface area (Å²) in [6, 6.07) is 5.88. The highest BCUT2D eigenvalue weighted by molar-refractivity contribution is 7.89. The lowest BCUT2D eigenvalue weighted by Gasteiger charge is -2.18. The van der Waals surface area contributed by atoms with E-state index >= 15 is 0 Å². The highest BCUT2D eigenvalue weighted by Gasteiger charge is 2.30. The van der Waals surface area contributed by atoms with Crippen LogP contribution in [-0.4, -0.2) is 48.9 Å². The van der Waals surface area contributed by atoms with E-state index < -0.39 is 33.9 Å². The van der Waals surface area contributed by atoms with Gasteiger partial charge in [-0.1, -0.05) is 12.1 Å². The molecule has 0 spiro atoms. The highest BCUT2D eigenvalue weighted by atomic mass is 32.2. The number of sulfone groups is 1. The maximum Gasteiger partial charge on any atom is 0.337 e. The van der Waals surface area contributed by atoms with Crippen LogP contribution in [0.3, 0.4) is 0 Å². The van der Waals surface area contributed by atoms with Crippen LogP contribution >= 0.6 is 0 Å². The molecule has 1 unspecified atom stereocenters. The van der Waals surface area contributed by atoms with Crippen LogP contribution in [0, 0.1) is 0 Å². The van der Waals surface area contributed by atoms with Gasteiger partial charge in [0, 0.05) is 11.8 Å². The Balaban J connectivity index is 2.70. The number of carbonyl (C=O) groups excluding carboxylic acids is 1. The smallest absolute Gasteiger partial charge is 0.337 e. The number of carbonyl (C=O) groups is 2. The normalized spacial score (nSPS) is 14.2. The standard InChI is InChI=1S/C13H17NO6S/c1-13(18,12(16)17)8-14-11(15)10-5-3-9(4-6-10)7-21(2,19)20/h3-6,18H,7-8H2,1-2H3,(H,14,15)(H,16,17). The second-order valence-corrected chi connectivity index (χ2v) is 7.17. The number of nitrogens with one attached hydrogen (secondary N) is 1. The van der Waals surface area contributed by atoms with Gasteiger partial charge < -0.3 is 15.5 Å². The zero-order chi connectivity index (χ0) is 16.3. The second-order valence-electron chi connectivity index (χ2n) is 5.03. The third-order valence-electron chi connectivity index (χ3n) is 2.70. The minimum Gasteiger partial charge on any atom is -0.479 e. The Hall–Kier alpha value is -1.93. The molecule has 0 aliphatic rings. The molecule has 3 N–H and O–H groups in total. The van der Waals surface area contributed by atoms with Crippen molar-refractivity contribution in [2.75, 3.05) is 12.8 Å². The molecule has 0 aromatic heterocycles. The summed E-state index contributed by atoms with van der Waals surface area (Å²) < 4.78 is 22.3. The van der Waals surface area contributed by atoms with Crippen LogP contribution < -0.4 is 5.32 Å². The van der Waals surface area contributed by atoms with Gasteiger partial charge in [-0.05, 0) is 24.6 Å². The third-order valence-corrected chi connectivity index (χ3v) is 3.56. The first-order valence-electron chi connectivity index (χ1n) is 6.02. The molecule has 0 radical (unpaired) electrons. The Labute approximate surface area is 122 Å². The van der Waals surface area contributed by atoms with Crippen molar-refractivity contribution < 1.29 is 28.2 Å². The van der Waals surface area contributed by atoms with E-state index in [0.717, 1.165) is 13.2 Å². The van der Waals surface area contributed by atoms with Gasteiger partial charge in [-0.2, -0.15) is 0 Å². The Morgan fingerprint density at radius 3 is 2.19 bits per heavy atom. The average molecular weight is 315 g/mol. The van der Waals surface area contributed by atoms with Gasteiger partial charge in [-0.15, -0.1) is 0 Å². The fourth-order valence-corrected chi connectivity index (χ4v) is 2.28. The highest BCUT2D eigenvalue weighted by Crippen LogP contribution is 2.08. The van der Waals surface area contributed by atoms with E-state index in [2.05, 4.69) is 5.32 Å². The molecule has 1 amide bonds. The second kappa shape index (κ2) is 6.23. The quantitative estimate of drug-likeness (QED) is 0.668. The molecule has 0 bridgehead atoms. The van der Waals surface area contributed by atoms with Crippen LogP contribution in [0.4, 0.5) is 0 Å². The number of carboxylic acid groups (broad SMARTS) is 1. The lowest BCUT2D eigenvalue weighted by molar-refractivity contribution is -0.155. The minimum atomic E-state index is -3.15. The van der Waals surface area contributed by atoms with Gasteiger partial charge in [0.15, 0.2) is 15.4 Å². The van der Waals surface area contributed by atoms with Crippen LogP contribution in [0.2, 0.25) is 0 Å². The van der Waals surface area contributed by atoms with Crippen LogP contribution in [0.1, 0.15) is 22.8 Å². The first kappa shape index (κ1) is 17.1. The number of hydrogen-bond donors (Lipinski definition) is 3. The fraction of sp³-hybridized carbons (Fsp3) is 0.385. The third kappa shape index (κ3) is 5.52. The molecule has 1 atom stereocenters. The van der Waals surface area contributed by atoms with E-state index in [9.17, 15) is 23.1 Å². The molecule has 116 valence electrons. The van der Waals surface area contributed by atoms with Crippen LogP contribution in [0.15, 0.2) is 24.3 Å². The van der Waals surface area contributed by atoms with Crippen molar-refractivity contribution in [3.8, 4) is 0 Å². The summed E-state index contributed by atoms with van der Waals surface area (Å²) in [6.45, 7) is 0.636. The molecular formula is C13H17NO6S. The molecule has 1 rings (SSSR count). The largest absolute Gasteiger partial charge is 0.479 e. The van der Waals surface area contributed by atoms with Crippen molar-refractivity contribution in [2.24, 2.45) is 0 Å². The molecule has 0 fully saturated rings. The molecule has 8 heteroatoms. The van der Waals surface area contributed by atoms with E-state index in [4.69, 9.17) is 5.11 Å². The van der Waals surface area contributed by atoms with Crippen molar-refractivity contribution in [1.82, 2.24) is 5.32 Å². The Morgan fingerprint density at radius 1 is 1.24 bits per heavy atom. The lowest BCUT2D eigenvalue weighted by Crippen LogP contribution is -2.46. The van der Waals surface area contributed by atoms with E-state index in [-0.39, 0.29) is 11.3 Å². The number of hydrogen-bond acceptors (Lipinski definition) is 5. The van der Waals surface area contributed by atoms with E-state index in [1.807, 2.05) is 0 Å². The van der Waals surface area contributed by atoms with Crippen molar-refractivity contribution in [3.63, 3.8) is 0 Å². The van der Waals surface area contributed by atoms with Gasteiger partial charge in [0.05, 0.1) is 12.3 Å². The molecule has 0 saturated carbocycles. The molecule has 0 aliphatic heterocycles. The zero-order valence-electron chi connectivity index (χ0n) is 11.7. The summed E-state index contributed by atoms with van der Waals surface area (Å²) in [5.74, 6) is -2.11. The molecule has 0 aliphatic carbocycles. The van der Waals surface area contributed by atoms with Crippen LogP contribution in [0.5, 0.6) is 0 Å². The maximum atomic E-state index is 11.8. The molecule has 0 heterocycles. The van der Waals surface area contributed by atoms with Crippen molar-refractivity contribution in [3.05, 3.63) is 35.4 Å². The van der Waals surface area contributed by atoms with E-state index in [1.54, 1.807) is 0 Å². The molecule has 0 saturated heterocycles. The van der Waals surface area contributed by atoms with Crippen LogP contribution in [-0.2, 0) is 20.4 Å². The summed E-state index contributed by atoms with van der Waals surface area (Å²) in [4.78, 5) is 22.5. The summed E-state index contributed by atoms with van der Waals surface area (Å²) in [5, 5.41) is 20.5. The molecular weight excluding hydrogens is 298 g/mol. The van der Waals surface area contributed by atoms with Crippen molar-refractivity contribution >= 4 is 21.7 Å². The zero-order valence-corrected chi connectivity index (χ0v) is 12.5. The average Bonchev–Trinajstić information content (AvgIpc) is 2.35. The predicted octanol–water partition coefficient (Wildman–Crippen LogP) is -0.203. The van der Waals surface area contributed by atoms with Crippen molar-refractivity contribution in [1.29, 1.82) is 0 Å². The minimum absolute atomic E-state index is 0.122. The van der Waals surface area contributed by atoms with Gasteiger partial charge >= 0.3 is 5.97 Å². The lowest BCUT2D eigenvalue weighted by atomic mass is 10.1. The summed E-state index contributed by atoms with van der Waals surface area (Å²) in [7, 11) is -3.15.